The smallest absolute Gasteiger partial charge is 0.232 e. The van der Waals surface area contributed by atoms with Gasteiger partial charge in [-0.1, -0.05) is 18.2 Å². The highest BCUT2D eigenvalue weighted by Crippen LogP contribution is 2.32. The summed E-state index contributed by atoms with van der Waals surface area (Å²) in [7, 11) is 4.19. The van der Waals surface area contributed by atoms with Gasteiger partial charge >= 0.3 is 0 Å². The fourth-order valence-electron chi connectivity index (χ4n) is 2.92. The van der Waals surface area contributed by atoms with Crippen molar-refractivity contribution in [2.24, 2.45) is 0 Å². The fourth-order valence-corrected chi connectivity index (χ4v) is 2.92. The minimum atomic E-state index is 0.796. The Morgan fingerprint density at radius 3 is 2.87 bits per heavy atom. The second-order valence-electron chi connectivity index (χ2n) is 6.31. The van der Waals surface area contributed by atoms with Crippen molar-refractivity contribution in [3.8, 4) is 0 Å². The van der Waals surface area contributed by atoms with Crippen LogP contribution in [-0.2, 0) is 6.42 Å². The molecule has 5 heteroatoms. The van der Waals surface area contributed by atoms with Gasteiger partial charge in [0.1, 0.15) is 5.82 Å². The minimum absolute atomic E-state index is 0.796. The van der Waals surface area contributed by atoms with Gasteiger partial charge in [-0.05, 0) is 52.0 Å². The third-order valence-electron chi connectivity index (χ3n) is 4.06. The zero-order chi connectivity index (χ0) is 16.2. The molecule has 1 aromatic heterocycles. The summed E-state index contributed by atoms with van der Waals surface area (Å²) in [5.74, 6) is 1.71. The van der Waals surface area contributed by atoms with Gasteiger partial charge in [-0.25, -0.2) is 4.98 Å². The van der Waals surface area contributed by atoms with Crippen molar-refractivity contribution in [3.05, 3.63) is 41.6 Å². The van der Waals surface area contributed by atoms with Crippen LogP contribution in [0.3, 0.4) is 0 Å². The van der Waals surface area contributed by atoms with Gasteiger partial charge in [-0.15, -0.1) is 0 Å². The number of aryl methyl sites for hydroxylation is 1. The topological polar surface area (TPSA) is 44.3 Å². The number of hydrogen-bond donors (Lipinski definition) is 1. The first kappa shape index (κ1) is 15.7. The Kier molecular flexibility index (Phi) is 4.76. The summed E-state index contributed by atoms with van der Waals surface area (Å²) in [6, 6.07) is 10.5. The van der Waals surface area contributed by atoms with E-state index < -0.39 is 0 Å². The third kappa shape index (κ3) is 3.79. The van der Waals surface area contributed by atoms with Crippen LogP contribution in [0.4, 0.5) is 17.5 Å². The number of nitrogens with zero attached hydrogens (tertiary/aromatic N) is 4. The van der Waals surface area contributed by atoms with Crippen LogP contribution in [0.5, 0.6) is 0 Å². The molecule has 2 aromatic rings. The van der Waals surface area contributed by atoms with Crippen LogP contribution in [0.25, 0.3) is 0 Å². The molecule has 0 fully saturated rings. The summed E-state index contributed by atoms with van der Waals surface area (Å²) in [4.78, 5) is 13.8. The van der Waals surface area contributed by atoms with E-state index in [0.717, 1.165) is 49.9 Å². The maximum absolute atomic E-state index is 4.72. The molecule has 0 atom stereocenters. The van der Waals surface area contributed by atoms with Crippen molar-refractivity contribution in [1.82, 2.24) is 14.9 Å². The average molecular weight is 311 g/mol. The van der Waals surface area contributed by atoms with Crippen molar-refractivity contribution >= 4 is 17.5 Å². The summed E-state index contributed by atoms with van der Waals surface area (Å²) in [6.07, 6.45) is 2.15. The molecule has 0 spiro atoms. The van der Waals surface area contributed by atoms with Crippen LogP contribution < -0.4 is 10.2 Å². The van der Waals surface area contributed by atoms with E-state index in [1.54, 1.807) is 0 Å². The number of fused-ring (bicyclic) bond motifs is 1. The van der Waals surface area contributed by atoms with E-state index in [1.807, 2.05) is 13.0 Å². The van der Waals surface area contributed by atoms with Crippen LogP contribution in [0, 0.1) is 6.92 Å². The third-order valence-corrected chi connectivity index (χ3v) is 4.06. The SMILES string of the molecule is Cc1cc(NCCCN(C)C)nc(N2CCc3ccccc32)n1. The Morgan fingerprint density at radius 2 is 2.04 bits per heavy atom. The minimum Gasteiger partial charge on any atom is -0.370 e. The zero-order valence-electron chi connectivity index (χ0n) is 14.2. The van der Waals surface area contributed by atoms with E-state index in [1.165, 1.54) is 11.3 Å². The molecule has 1 aliphatic rings. The summed E-state index contributed by atoms with van der Waals surface area (Å²) < 4.78 is 0. The van der Waals surface area contributed by atoms with Gasteiger partial charge in [-0.2, -0.15) is 4.98 Å². The molecule has 122 valence electrons. The van der Waals surface area contributed by atoms with E-state index in [4.69, 9.17) is 4.98 Å². The molecule has 0 saturated heterocycles. The van der Waals surface area contributed by atoms with Gasteiger partial charge in [0.25, 0.3) is 0 Å². The van der Waals surface area contributed by atoms with Crippen LogP contribution >= 0.6 is 0 Å². The molecular weight excluding hydrogens is 286 g/mol. The maximum atomic E-state index is 4.72. The largest absolute Gasteiger partial charge is 0.370 e. The van der Waals surface area contributed by atoms with Gasteiger partial charge in [0, 0.05) is 30.5 Å². The maximum Gasteiger partial charge on any atom is 0.232 e. The lowest BCUT2D eigenvalue weighted by Gasteiger charge is -2.19. The van der Waals surface area contributed by atoms with E-state index in [9.17, 15) is 0 Å². The predicted molar refractivity (Wildman–Crippen MR) is 95.6 cm³/mol. The van der Waals surface area contributed by atoms with Crippen LogP contribution in [0.15, 0.2) is 30.3 Å². The number of nitrogens with one attached hydrogen (secondary N) is 1. The number of hydrogen-bond acceptors (Lipinski definition) is 5. The first-order chi connectivity index (χ1) is 11.1. The molecule has 1 aliphatic heterocycles. The highest BCUT2D eigenvalue weighted by Gasteiger charge is 2.22. The van der Waals surface area contributed by atoms with Crippen molar-refractivity contribution in [1.29, 1.82) is 0 Å². The van der Waals surface area contributed by atoms with Crippen LogP contribution in [0.2, 0.25) is 0 Å². The molecule has 0 unspecified atom stereocenters. The molecule has 0 radical (unpaired) electrons. The lowest BCUT2D eigenvalue weighted by molar-refractivity contribution is 0.405. The molecule has 23 heavy (non-hydrogen) atoms. The Labute approximate surface area is 138 Å². The van der Waals surface area contributed by atoms with Crippen molar-refractivity contribution in [2.45, 2.75) is 19.8 Å². The molecule has 0 saturated carbocycles. The molecule has 0 aliphatic carbocycles. The lowest BCUT2D eigenvalue weighted by atomic mass is 10.2. The van der Waals surface area contributed by atoms with Gasteiger partial charge < -0.3 is 15.1 Å². The summed E-state index contributed by atoms with van der Waals surface area (Å²) in [5.41, 5.74) is 3.60. The van der Waals surface area contributed by atoms with Crippen molar-refractivity contribution < 1.29 is 0 Å². The Bertz CT molecular complexity index is 668. The van der Waals surface area contributed by atoms with Gasteiger partial charge in [0.05, 0.1) is 0 Å². The second kappa shape index (κ2) is 6.96. The molecule has 1 aromatic carbocycles. The van der Waals surface area contributed by atoms with Gasteiger partial charge in [0.15, 0.2) is 0 Å². The molecule has 2 heterocycles. The number of anilines is 3. The molecule has 5 nitrogen and oxygen atoms in total. The molecule has 0 bridgehead atoms. The first-order valence-electron chi connectivity index (χ1n) is 8.23. The van der Waals surface area contributed by atoms with E-state index >= 15 is 0 Å². The van der Waals surface area contributed by atoms with Crippen molar-refractivity contribution in [2.75, 3.05) is 43.9 Å². The molecule has 1 N–H and O–H groups in total. The quantitative estimate of drug-likeness (QED) is 0.831. The molecular formula is C18H25N5. The van der Waals surface area contributed by atoms with E-state index in [-0.39, 0.29) is 0 Å². The zero-order valence-corrected chi connectivity index (χ0v) is 14.2. The van der Waals surface area contributed by atoms with Crippen molar-refractivity contribution in [3.63, 3.8) is 0 Å². The number of benzene rings is 1. The second-order valence-corrected chi connectivity index (χ2v) is 6.31. The summed E-state index contributed by atoms with van der Waals surface area (Å²) in [5, 5.41) is 3.42. The van der Waals surface area contributed by atoms with Gasteiger partial charge in [-0.3, -0.25) is 0 Å². The van der Waals surface area contributed by atoms with E-state index in [2.05, 4.69) is 58.5 Å². The number of para-hydroxylation sites is 1. The lowest BCUT2D eigenvalue weighted by Crippen LogP contribution is -2.19. The molecule has 0 amide bonds. The number of rotatable bonds is 6. The Balaban J connectivity index is 1.74. The number of aromatic nitrogens is 2. The monoisotopic (exact) mass is 311 g/mol. The predicted octanol–water partition coefficient (Wildman–Crippen LogP) is 2.84. The highest BCUT2D eigenvalue weighted by molar-refractivity contribution is 5.66. The highest BCUT2D eigenvalue weighted by atomic mass is 15.3. The first-order valence-corrected chi connectivity index (χ1v) is 8.23. The average Bonchev–Trinajstić information content (AvgIpc) is 2.95. The Morgan fingerprint density at radius 1 is 1.22 bits per heavy atom. The Hall–Kier alpha value is -2.14. The standard InChI is InChI=1S/C18H25N5/c1-14-13-17(19-10-6-11-22(2)3)21-18(20-14)23-12-9-15-7-4-5-8-16(15)23/h4-5,7-8,13H,6,9-12H2,1-3H3,(H,19,20,21). The summed E-state index contributed by atoms with van der Waals surface area (Å²) in [6.45, 7) is 4.97. The van der Waals surface area contributed by atoms with E-state index in [0.29, 0.717) is 0 Å². The fraction of sp³-hybridized carbons (Fsp3) is 0.444. The summed E-state index contributed by atoms with van der Waals surface area (Å²) >= 11 is 0. The van der Waals surface area contributed by atoms with Crippen LogP contribution in [0.1, 0.15) is 17.7 Å². The molecule has 3 rings (SSSR count). The normalized spacial score (nSPS) is 13.5. The van der Waals surface area contributed by atoms with Crippen LogP contribution in [-0.4, -0.2) is 48.6 Å². The van der Waals surface area contributed by atoms with Gasteiger partial charge in [0.2, 0.25) is 5.95 Å².